The van der Waals surface area contributed by atoms with Crippen molar-refractivity contribution in [2.75, 3.05) is 7.11 Å². The van der Waals surface area contributed by atoms with Gasteiger partial charge in [0.05, 0.1) is 23.6 Å². The van der Waals surface area contributed by atoms with Crippen molar-refractivity contribution in [3.63, 3.8) is 0 Å². The van der Waals surface area contributed by atoms with Gasteiger partial charge in [-0.2, -0.15) is 0 Å². The summed E-state index contributed by atoms with van der Waals surface area (Å²) in [6.45, 7) is 0. The number of carbonyl (C=O) groups is 1. The summed E-state index contributed by atoms with van der Waals surface area (Å²) in [6.07, 6.45) is 1.27. The van der Waals surface area contributed by atoms with Crippen molar-refractivity contribution in [1.29, 1.82) is 0 Å². The van der Waals surface area contributed by atoms with E-state index in [1.54, 1.807) is 24.3 Å². The summed E-state index contributed by atoms with van der Waals surface area (Å²) in [5.41, 5.74) is 0.865. The number of benzene rings is 2. The van der Waals surface area contributed by atoms with Gasteiger partial charge >= 0.3 is 5.97 Å². The Labute approximate surface area is 126 Å². The van der Waals surface area contributed by atoms with Crippen molar-refractivity contribution in [3.05, 3.63) is 54.4 Å². The molecule has 1 N–H and O–H groups in total. The maximum atomic E-state index is 12.1. The summed E-state index contributed by atoms with van der Waals surface area (Å²) >= 11 is 0. The highest BCUT2D eigenvalue weighted by Gasteiger charge is 2.14. The number of aromatic hydroxyl groups is 1. The number of rotatable bonds is 3. The highest BCUT2D eigenvalue weighted by molar-refractivity contribution is 5.94. The Balaban J connectivity index is 2.02. The van der Waals surface area contributed by atoms with Crippen LogP contribution >= 0.6 is 0 Å². The molecule has 1 aromatic heterocycles. The van der Waals surface area contributed by atoms with Crippen LogP contribution in [0.5, 0.6) is 17.4 Å². The molecule has 0 aliphatic carbocycles. The van der Waals surface area contributed by atoms with E-state index in [4.69, 9.17) is 9.47 Å². The van der Waals surface area contributed by atoms with Gasteiger partial charge in [-0.1, -0.05) is 18.2 Å². The van der Waals surface area contributed by atoms with Crippen LogP contribution in [0.1, 0.15) is 10.4 Å². The average molecular weight is 296 g/mol. The smallest absolute Gasteiger partial charge is 0.344 e. The first kappa shape index (κ1) is 13.8. The van der Waals surface area contributed by atoms with Gasteiger partial charge < -0.3 is 14.6 Å². The Morgan fingerprint density at radius 1 is 1.14 bits per heavy atom. The van der Waals surface area contributed by atoms with Gasteiger partial charge in [0.25, 0.3) is 0 Å². The number of methoxy groups -OCH3 is 1. The van der Waals surface area contributed by atoms with E-state index in [-0.39, 0.29) is 17.4 Å². The second-order valence-corrected chi connectivity index (χ2v) is 4.48. The van der Waals surface area contributed by atoms with Crippen LogP contribution in [0.3, 0.4) is 0 Å². The Kier molecular flexibility index (Phi) is 3.57. The van der Waals surface area contributed by atoms with Gasteiger partial charge in [-0.25, -0.2) is 14.8 Å². The van der Waals surface area contributed by atoms with Crippen LogP contribution in [0, 0.1) is 0 Å². The summed E-state index contributed by atoms with van der Waals surface area (Å²) in [5, 5.41) is 10.2. The summed E-state index contributed by atoms with van der Waals surface area (Å²) in [5.74, 6) is -0.210. The first-order valence-corrected chi connectivity index (χ1v) is 6.48. The molecular formula is C16H12N2O4. The van der Waals surface area contributed by atoms with Crippen molar-refractivity contribution in [1.82, 2.24) is 9.97 Å². The third kappa shape index (κ3) is 2.54. The predicted molar refractivity (Wildman–Crippen MR) is 79.2 cm³/mol. The minimum atomic E-state index is -0.521. The molecule has 3 rings (SSSR count). The zero-order valence-corrected chi connectivity index (χ0v) is 11.7. The molecule has 0 fully saturated rings. The van der Waals surface area contributed by atoms with Gasteiger partial charge in [0.2, 0.25) is 5.88 Å². The number of hydrogen-bond acceptors (Lipinski definition) is 6. The molecule has 0 aliphatic rings. The number of hydrogen-bond donors (Lipinski definition) is 1. The van der Waals surface area contributed by atoms with E-state index < -0.39 is 5.97 Å². The number of aromatic nitrogens is 2. The van der Waals surface area contributed by atoms with Crippen LogP contribution in [0.15, 0.2) is 48.8 Å². The van der Waals surface area contributed by atoms with Crippen molar-refractivity contribution in [2.24, 2.45) is 0 Å². The van der Waals surface area contributed by atoms with Gasteiger partial charge in [-0.15, -0.1) is 0 Å². The molecule has 22 heavy (non-hydrogen) atoms. The normalized spacial score (nSPS) is 10.4. The lowest BCUT2D eigenvalue weighted by molar-refractivity contribution is 0.0730. The van der Waals surface area contributed by atoms with Gasteiger partial charge in [0.1, 0.15) is 6.33 Å². The molecule has 0 amide bonds. The SMILES string of the molecule is COc1cc2c(OC(=O)c3ccccc3)ncnc2cc1O. The van der Waals surface area contributed by atoms with E-state index in [0.29, 0.717) is 16.5 Å². The van der Waals surface area contributed by atoms with Gasteiger partial charge in [-0.3, -0.25) is 0 Å². The number of ether oxygens (including phenoxy) is 2. The molecule has 6 heteroatoms. The highest BCUT2D eigenvalue weighted by Crippen LogP contribution is 2.33. The molecule has 0 aliphatic heterocycles. The lowest BCUT2D eigenvalue weighted by atomic mass is 10.2. The van der Waals surface area contributed by atoms with E-state index in [0.717, 1.165) is 0 Å². The molecule has 0 bridgehead atoms. The first-order valence-electron chi connectivity index (χ1n) is 6.48. The zero-order chi connectivity index (χ0) is 15.5. The van der Waals surface area contributed by atoms with Crippen molar-refractivity contribution in [2.45, 2.75) is 0 Å². The van der Waals surface area contributed by atoms with Crippen LogP contribution in [-0.4, -0.2) is 28.2 Å². The molecule has 2 aromatic carbocycles. The van der Waals surface area contributed by atoms with Crippen molar-refractivity contribution >= 4 is 16.9 Å². The topological polar surface area (TPSA) is 81.5 Å². The molecule has 0 saturated heterocycles. The lowest BCUT2D eigenvalue weighted by Gasteiger charge is -2.08. The van der Waals surface area contributed by atoms with E-state index in [1.165, 1.54) is 25.6 Å². The Bertz CT molecular complexity index is 834. The number of esters is 1. The molecule has 1 heterocycles. The third-order valence-corrected chi connectivity index (χ3v) is 3.10. The molecule has 6 nitrogen and oxygen atoms in total. The largest absolute Gasteiger partial charge is 0.504 e. The number of fused-ring (bicyclic) bond motifs is 1. The summed E-state index contributed by atoms with van der Waals surface area (Å²) < 4.78 is 10.4. The van der Waals surface area contributed by atoms with Crippen molar-refractivity contribution in [3.8, 4) is 17.4 Å². The van der Waals surface area contributed by atoms with Crippen LogP contribution in [0.4, 0.5) is 0 Å². The molecular weight excluding hydrogens is 284 g/mol. The maximum absolute atomic E-state index is 12.1. The van der Waals surface area contributed by atoms with Crippen LogP contribution in [0.2, 0.25) is 0 Å². The molecule has 0 spiro atoms. The number of phenolic OH excluding ortho intramolecular Hbond substituents is 1. The molecule has 0 unspecified atom stereocenters. The first-order chi connectivity index (χ1) is 10.7. The van der Waals surface area contributed by atoms with E-state index >= 15 is 0 Å². The molecule has 0 radical (unpaired) electrons. The number of nitrogens with zero attached hydrogens (tertiary/aromatic N) is 2. The van der Waals surface area contributed by atoms with Crippen LogP contribution in [-0.2, 0) is 0 Å². The second-order valence-electron chi connectivity index (χ2n) is 4.48. The lowest BCUT2D eigenvalue weighted by Crippen LogP contribution is -2.09. The summed E-state index contributed by atoms with van der Waals surface area (Å²) in [7, 11) is 1.43. The fraction of sp³-hybridized carbons (Fsp3) is 0.0625. The van der Waals surface area contributed by atoms with Crippen LogP contribution < -0.4 is 9.47 Å². The second kappa shape index (κ2) is 5.69. The Morgan fingerprint density at radius 2 is 1.91 bits per heavy atom. The summed E-state index contributed by atoms with van der Waals surface area (Å²) in [6, 6.07) is 11.6. The van der Waals surface area contributed by atoms with Crippen molar-refractivity contribution < 1.29 is 19.4 Å². The van der Waals surface area contributed by atoms with E-state index in [1.807, 2.05) is 6.07 Å². The fourth-order valence-corrected chi connectivity index (χ4v) is 2.01. The van der Waals surface area contributed by atoms with Gasteiger partial charge in [0, 0.05) is 6.07 Å². The Hall–Kier alpha value is -3.15. The van der Waals surface area contributed by atoms with Gasteiger partial charge in [0.15, 0.2) is 11.5 Å². The molecule has 0 atom stereocenters. The Morgan fingerprint density at radius 3 is 2.64 bits per heavy atom. The summed E-state index contributed by atoms with van der Waals surface area (Å²) in [4.78, 5) is 20.1. The zero-order valence-electron chi connectivity index (χ0n) is 11.7. The monoisotopic (exact) mass is 296 g/mol. The predicted octanol–water partition coefficient (Wildman–Crippen LogP) is 2.56. The highest BCUT2D eigenvalue weighted by atomic mass is 16.5. The van der Waals surface area contributed by atoms with Gasteiger partial charge in [-0.05, 0) is 18.2 Å². The third-order valence-electron chi connectivity index (χ3n) is 3.10. The number of phenols is 1. The van der Waals surface area contributed by atoms with E-state index in [2.05, 4.69) is 9.97 Å². The minimum absolute atomic E-state index is 0.0472. The molecule has 3 aromatic rings. The minimum Gasteiger partial charge on any atom is -0.504 e. The molecule has 0 saturated carbocycles. The fourth-order valence-electron chi connectivity index (χ4n) is 2.01. The van der Waals surface area contributed by atoms with Crippen LogP contribution in [0.25, 0.3) is 10.9 Å². The van der Waals surface area contributed by atoms with E-state index in [9.17, 15) is 9.90 Å². The quantitative estimate of drug-likeness (QED) is 0.748. The number of carbonyl (C=O) groups excluding carboxylic acids is 1. The average Bonchev–Trinajstić information content (AvgIpc) is 2.55. The molecule has 110 valence electrons. The maximum Gasteiger partial charge on any atom is 0.344 e. The standard InChI is InChI=1S/C16H12N2O4/c1-21-14-7-11-12(8-13(14)19)17-9-18-15(11)22-16(20)10-5-3-2-4-6-10/h2-9,19H,1H3.